The summed E-state index contributed by atoms with van der Waals surface area (Å²) in [7, 11) is 1.93. The predicted molar refractivity (Wildman–Crippen MR) is 77.5 cm³/mol. The highest BCUT2D eigenvalue weighted by atomic mass is 16.1. The number of carbonyl (C=O) groups is 2. The number of fused-ring (bicyclic) bond motifs is 3. The molecule has 0 aliphatic carbocycles. The van der Waals surface area contributed by atoms with Gasteiger partial charge in [-0.15, -0.1) is 0 Å². The third-order valence-corrected chi connectivity index (χ3v) is 3.58. The van der Waals surface area contributed by atoms with Crippen molar-refractivity contribution < 1.29 is 9.59 Å². The fourth-order valence-corrected chi connectivity index (χ4v) is 2.52. The fourth-order valence-electron chi connectivity index (χ4n) is 2.52. The van der Waals surface area contributed by atoms with Crippen LogP contribution in [0.3, 0.4) is 0 Å². The number of benzene rings is 2. The van der Waals surface area contributed by atoms with E-state index in [0.717, 1.165) is 21.8 Å². The third-order valence-electron chi connectivity index (χ3n) is 3.58. The maximum absolute atomic E-state index is 11.3. The zero-order valence-electron chi connectivity index (χ0n) is 10.9. The lowest BCUT2D eigenvalue weighted by atomic mass is 10.1. The number of aryl methyl sites for hydroxylation is 1. The molecular formula is C15H13N3O2. The summed E-state index contributed by atoms with van der Waals surface area (Å²) in [5, 5.41) is 1.75. The first-order valence-corrected chi connectivity index (χ1v) is 6.11. The van der Waals surface area contributed by atoms with Gasteiger partial charge in [0.2, 0.25) is 11.8 Å². The average molecular weight is 267 g/mol. The highest BCUT2D eigenvalue weighted by Crippen LogP contribution is 2.29. The molecule has 0 unspecified atom stereocenters. The van der Waals surface area contributed by atoms with Crippen molar-refractivity contribution in [2.75, 3.05) is 0 Å². The van der Waals surface area contributed by atoms with Gasteiger partial charge in [0.15, 0.2) is 0 Å². The van der Waals surface area contributed by atoms with Gasteiger partial charge in [-0.1, -0.05) is 0 Å². The van der Waals surface area contributed by atoms with Crippen LogP contribution in [0.2, 0.25) is 0 Å². The fraction of sp³-hybridized carbons (Fsp3) is 0.0667. The molecule has 3 rings (SSSR count). The van der Waals surface area contributed by atoms with Crippen LogP contribution in [0.1, 0.15) is 20.7 Å². The first-order chi connectivity index (χ1) is 9.49. The van der Waals surface area contributed by atoms with E-state index >= 15 is 0 Å². The van der Waals surface area contributed by atoms with E-state index < -0.39 is 11.8 Å². The second kappa shape index (κ2) is 4.09. The lowest BCUT2D eigenvalue weighted by Crippen LogP contribution is -2.10. The first-order valence-electron chi connectivity index (χ1n) is 6.11. The van der Waals surface area contributed by atoms with E-state index in [4.69, 9.17) is 11.5 Å². The van der Waals surface area contributed by atoms with Crippen LogP contribution in [0.4, 0.5) is 0 Å². The van der Waals surface area contributed by atoms with E-state index in [-0.39, 0.29) is 0 Å². The Kier molecular flexibility index (Phi) is 2.50. The summed E-state index contributed by atoms with van der Waals surface area (Å²) in [5.41, 5.74) is 13.4. The Morgan fingerprint density at radius 2 is 1.25 bits per heavy atom. The Hall–Kier alpha value is -2.82. The molecule has 0 aliphatic rings. The minimum Gasteiger partial charge on any atom is -0.366 e. The van der Waals surface area contributed by atoms with Gasteiger partial charge in [0.1, 0.15) is 0 Å². The molecule has 0 radical (unpaired) electrons. The number of carbonyl (C=O) groups excluding carboxylic acids is 2. The van der Waals surface area contributed by atoms with E-state index in [1.807, 2.05) is 23.7 Å². The van der Waals surface area contributed by atoms with E-state index in [2.05, 4.69) is 0 Å². The quantitative estimate of drug-likeness (QED) is 0.737. The Labute approximate surface area is 114 Å². The number of hydrogen-bond donors (Lipinski definition) is 2. The van der Waals surface area contributed by atoms with Crippen LogP contribution in [-0.4, -0.2) is 16.4 Å². The summed E-state index contributed by atoms with van der Waals surface area (Å²) < 4.78 is 2.00. The number of amides is 2. The second-order valence-electron chi connectivity index (χ2n) is 4.75. The van der Waals surface area contributed by atoms with Crippen molar-refractivity contribution in [3.8, 4) is 0 Å². The van der Waals surface area contributed by atoms with Gasteiger partial charge in [0.05, 0.1) is 0 Å². The Morgan fingerprint density at radius 1 is 0.850 bits per heavy atom. The normalized spacial score (nSPS) is 11.1. The molecule has 1 heterocycles. The van der Waals surface area contributed by atoms with Gasteiger partial charge in [-0.25, -0.2) is 0 Å². The molecule has 5 nitrogen and oxygen atoms in total. The highest BCUT2D eigenvalue weighted by Gasteiger charge is 2.12. The Morgan fingerprint density at radius 3 is 1.60 bits per heavy atom. The standard InChI is InChI=1S/C15H13N3O2/c1-18-12-4-2-8(14(16)19)6-10(12)11-7-9(15(17)20)3-5-13(11)18/h2-7H,1H3,(H2,16,19)(H2,17,20). The maximum atomic E-state index is 11.3. The SMILES string of the molecule is Cn1c2ccc(C(N)=O)cc2c2cc(C(N)=O)ccc21. The molecule has 0 spiro atoms. The van der Waals surface area contributed by atoms with Gasteiger partial charge < -0.3 is 16.0 Å². The monoisotopic (exact) mass is 267 g/mol. The summed E-state index contributed by atoms with van der Waals surface area (Å²) in [6.45, 7) is 0. The van der Waals surface area contributed by atoms with Crippen molar-refractivity contribution in [3.05, 3.63) is 47.5 Å². The van der Waals surface area contributed by atoms with Crippen molar-refractivity contribution in [2.45, 2.75) is 0 Å². The van der Waals surface area contributed by atoms with Crippen LogP contribution in [-0.2, 0) is 7.05 Å². The van der Waals surface area contributed by atoms with Crippen LogP contribution in [0, 0.1) is 0 Å². The number of nitrogens with two attached hydrogens (primary N) is 2. The number of hydrogen-bond acceptors (Lipinski definition) is 2. The summed E-state index contributed by atoms with van der Waals surface area (Å²) in [6, 6.07) is 10.6. The molecule has 0 bridgehead atoms. The zero-order valence-corrected chi connectivity index (χ0v) is 10.9. The number of rotatable bonds is 2. The molecule has 4 N–H and O–H groups in total. The summed E-state index contributed by atoms with van der Waals surface area (Å²) in [5.74, 6) is -0.954. The molecule has 0 fully saturated rings. The number of nitrogens with zero attached hydrogens (tertiary/aromatic N) is 1. The summed E-state index contributed by atoms with van der Waals surface area (Å²) >= 11 is 0. The zero-order chi connectivity index (χ0) is 14.4. The van der Waals surface area contributed by atoms with Crippen LogP contribution >= 0.6 is 0 Å². The van der Waals surface area contributed by atoms with Gasteiger partial charge in [0, 0.05) is 40.0 Å². The molecule has 3 aromatic rings. The van der Waals surface area contributed by atoms with E-state index in [1.165, 1.54) is 0 Å². The highest BCUT2D eigenvalue weighted by molar-refractivity contribution is 6.12. The molecule has 20 heavy (non-hydrogen) atoms. The van der Waals surface area contributed by atoms with Gasteiger partial charge >= 0.3 is 0 Å². The van der Waals surface area contributed by atoms with Crippen LogP contribution < -0.4 is 11.5 Å². The molecule has 0 saturated heterocycles. The van der Waals surface area contributed by atoms with Crippen molar-refractivity contribution >= 4 is 33.6 Å². The lowest BCUT2D eigenvalue weighted by Gasteiger charge is -1.98. The van der Waals surface area contributed by atoms with Gasteiger partial charge in [-0.05, 0) is 36.4 Å². The van der Waals surface area contributed by atoms with Crippen LogP contribution in [0.15, 0.2) is 36.4 Å². The smallest absolute Gasteiger partial charge is 0.248 e. The van der Waals surface area contributed by atoms with Crippen molar-refractivity contribution in [2.24, 2.45) is 18.5 Å². The third kappa shape index (κ3) is 1.64. The number of aromatic nitrogens is 1. The summed E-state index contributed by atoms with van der Waals surface area (Å²) in [6.07, 6.45) is 0. The van der Waals surface area contributed by atoms with Crippen LogP contribution in [0.25, 0.3) is 21.8 Å². The summed E-state index contributed by atoms with van der Waals surface area (Å²) in [4.78, 5) is 22.6. The van der Waals surface area contributed by atoms with Crippen molar-refractivity contribution in [3.63, 3.8) is 0 Å². The molecule has 0 atom stereocenters. The first kappa shape index (κ1) is 12.2. The largest absolute Gasteiger partial charge is 0.366 e. The molecular weight excluding hydrogens is 254 g/mol. The molecule has 2 aromatic carbocycles. The van der Waals surface area contributed by atoms with Gasteiger partial charge in [-0.3, -0.25) is 9.59 Å². The van der Waals surface area contributed by atoms with Crippen LogP contribution in [0.5, 0.6) is 0 Å². The Bertz CT molecular complexity index is 806. The average Bonchev–Trinajstić information content (AvgIpc) is 2.71. The lowest BCUT2D eigenvalue weighted by molar-refractivity contribution is 0.0992. The second-order valence-corrected chi connectivity index (χ2v) is 4.75. The minimum absolute atomic E-state index is 0.439. The Balaban J connectivity index is 2.44. The maximum Gasteiger partial charge on any atom is 0.248 e. The van der Waals surface area contributed by atoms with Gasteiger partial charge in [0.25, 0.3) is 0 Å². The molecule has 100 valence electrons. The van der Waals surface area contributed by atoms with E-state index in [9.17, 15) is 9.59 Å². The minimum atomic E-state index is -0.477. The molecule has 2 amide bonds. The van der Waals surface area contributed by atoms with E-state index in [1.54, 1.807) is 24.3 Å². The van der Waals surface area contributed by atoms with Gasteiger partial charge in [-0.2, -0.15) is 0 Å². The van der Waals surface area contributed by atoms with E-state index in [0.29, 0.717) is 11.1 Å². The predicted octanol–water partition coefficient (Wildman–Crippen LogP) is 1.53. The molecule has 0 saturated carbocycles. The number of primary amides is 2. The van der Waals surface area contributed by atoms with Crippen molar-refractivity contribution in [1.82, 2.24) is 4.57 Å². The molecule has 0 aliphatic heterocycles. The molecule has 1 aromatic heterocycles. The van der Waals surface area contributed by atoms with Crippen molar-refractivity contribution in [1.29, 1.82) is 0 Å². The topological polar surface area (TPSA) is 91.1 Å². The molecule has 5 heteroatoms.